The lowest BCUT2D eigenvalue weighted by molar-refractivity contribution is -0.122. The first-order chi connectivity index (χ1) is 12.2. The van der Waals surface area contributed by atoms with Crippen LogP contribution in [0.4, 0.5) is 0 Å². The van der Waals surface area contributed by atoms with Gasteiger partial charge in [-0.3, -0.25) is 9.69 Å². The third kappa shape index (κ3) is 3.71. The predicted octanol–water partition coefficient (Wildman–Crippen LogP) is 4.09. The van der Waals surface area contributed by atoms with Gasteiger partial charge in [-0.05, 0) is 29.8 Å². The van der Waals surface area contributed by atoms with Gasteiger partial charge >= 0.3 is 0 Å². The van der Waals surface area contributed by atoms with Gasteiger partial charge in [0.25, 0.3) is 5.91 Å². The highest BCUT2D eigenvalue weighted by atomic mass is 32.2. The van der Waals surface area contributed by atoms with Crippen molar-refractivity contribution in [2.75, 3.05) is 26.9 Å². The number of thioether (sulfide) groups is 1. The number of amides is 1. The van der Waals surface area contributed by atoms with Crippen molar-refractivity contribution in [3.8, 4) is 5.75 Å². The Kier molecular flexibility index (Phi) is 5.73. The molecule has 0 saturated carbocycles. The second-order valence-electron chi connectivity index (χ2n) is 5.46. The molecule has 25 heavy (non-hydrogen) atoms. The molecule has 0 atom stereocenters. The number of thiocarbonyl (C=S) groups is 1. The summed E-state index contributed by atoms with van der Waals surface area (Å²) in [6, 6.07) is 12.0. The molecule has 1 saturated heterocycles. The van der Waals surface area contributed by atoms with Gasteiger partial charge in [0.1, 0.15) is 10.1 Å². The smallest absolute Gasteiger partial charge is 0.266 e. The summed E-state index contributed by atoms with van der Waals surface area (Å²) in [5, 5.41) is 2.16. The normalized spacial score (nSPS) is 16.2. The maximum absolute atomic E-state index is 12.7. The fourth-order valence-corrected chi connectivity index (χ4v) is 4.00. The Hall–Kier alpha value is -1.89. The molecule has 0 aromatic heterocycles. The Balaban J connectivity index is 2.04. The third-order valence-corrected chi connectivity index (χ3v) is 5.28. The van der Waals surface area contributed by atoms with Crippen LogP contribution < -0.4 is 4.74 Å². The number of fused-ring (bicyclic) bond motifs is 1. The second kappa shape index (κ2) is 7.99. The summed E-state index contributed by atoms with van der Waals surface area (Å²) in [7, 11) is 1.61. The SMILES string of the molecule is CCOc1ccc2ccccc2c1C=C1SC(=S)N(CCOC)C1=O. The molecule has 0 N–H and O–H groups in total. The average Bonchev–Trinajstić information content (AvgIpc) is 2.88. The minimum absolute atomic E-state index is 0.0811. The quantitative estimate of drug-likeness (QED) is 0.563. The van der Waals surface area contributed by atoms with Gasteiger partial charge < -0.3 is 9.47 Å². The Morgan fingerprint density at radius 3 is 2.80 bits per heavy atom. The van der Waals surface area contributed by atoms with Gasteiger partial charge in [-0.1, -0.05) is 54.3 Å². The van der Waals surface area contributed by atoms with Gasteiger partial charge in [0.15, 0.2) is 0 Å². The van der Waals surface area contributed by atoms with E-state index in [1.54, 1.807) is 12.0 Å². The van der Waals surface area contributed by atoms with Crippen molar-refractivity contribution in [1.29, 1.82) is 0 Å². The van der Waals surface area contributed by atoms with E-state index in [0.29, 0.717) is 29.0 Å². The molecule has 1 heterocycles. The van der Waals surface area contributed by atoms with Gasteiger partial charge in [0, 0.05) is 12.7 Å². The highest BCUT2D eigenvalue weighted by Gasteiger charge is 2.32. The number of methoxy groups -OCH3 is 1. The molecule has 0 radical (unpaired) electrons. The number of carbonyl (C=O) groups excluding carboxylic acids is 1. The molecule has 1 fully saturated rings. The summed E-state index contributed by atoms with van der Waals surface area (Å²) in [6.45, 7) is 3.43. The molecule has 0 bridgehead atoms. The van der Waals surface area contributed by atoms with Gasteiger partial charge in [-0.2, -0.15) is 0 Å². The molecule has 1 aliphatic rings. The van der Waals surface area contributed by atoms with Crippen LogP contribution in [0.2, 0.25) is 0 Å². The Morgan fingerprint density at radius 1 is 1.24 bits per heavy atom. The lowest BCUT2D eigenvalue weighted by atomic mass is 10.0. The summed E-state index contributed by atoms with van der Waals surface area (Å²) in [4.78, 5) is 14.9. The number of ether oxygens (including phenoxy) is 2. The molecule has 2 aromatic rings. The molecule has 0 aliphatic carbocycles. The number of carbonyl (C=O) groups is 1. The first kappa shape index (κ1) is 17.9. The molecule has 0 unspecified atom stereocenters. The van der Waals surface area contributed by atoms with Crippen molar-refractivity contribution in [3.05, 3.63) is 46.9 Å². The Labute approximate surface area is 156 Å². The Bertz CT molecular complexity index is 848. The maximum atomic E-state index is 12.7. The fraction of sp³-hybridized carbons (Fsp3) is 0.263. The van der Waals surface area contributed by atoms with Crippen molar-refractivity contribution in [2.45, 2.75) is 6.92 Å². The van der Waals surface area contributed by atoms with Crippen molar-refractivity contribution >= 4 is 51.1 Å². The zero-order chi connectivity index (χ0) is 17.8. The van der Waals surface area contributed by atoms with Crippen LogP contribution in [0.3, 0.4) is 0 Å². The van der Waals surface area contributed by atoms with Crippen LogP contribution in [0.1, 0.15) is 12.5 Å². The van der Waals surface area contributed by atoms with Gasteiger partial charge in [-0.25, -0.2) is 0 Å². The van der Waals surface area contributed by atoms with E-state index >= 15 is 0 Å². The minimum atomic E-state index is -0.0811. The van der Waals surface area contributed by atoms with E-state index in [1.165, 1.54) is 11.8 Å². The van der Waals surface area contributed by atoms with Crippen molar-refractivity contribution in [2.24, 2.45) is 0 Å². The van der Waals surface area contributed by atoms with Gasteiger partial charge in [0.05, 0.1) is 24.7 Å². The topological polar surface area (TPSA) is 38.8 Å². The lowest BCUT2D eigenvalue weighted by Gasteiger charge is -2.13. The highest BCUT2D eigenvalue weighted by Crippen LogP contribution is 2.36. The molecule has 0 spiro atoms. The standard InChI is InChI=1S/C19H19NO3S2/c1-3-23-16-9-8-13-6-4-5-7-14(13)15(16)12-17-18(21)20(10-11-22-2)19(24)25-17/h4-9,12H,3,10-11H2,1-2H3. The third-order valence-electron chi connectivity index (χ3n) is 3.90. The van der Waals surface area contributed by atoms with Crippen LogP contribution in [0, 0.1) is 0 Å². The molecule has 1 aliphatic heterocycles. The molecular formula is C19H19NO3S2. The molecule has 1 amide bonds. The van der Waals surface area contributed by atoms with Crippen LogP contribution in [0.5, 0.6) is 5.75 Å². The largest absolute Gasteiger partial charge is 0.493 e. The van der Waals surface area contributed by atoms with E-state index in [0.717, 1.165) is 22.1 Å². The van der Waals surface area contributed by atoms with E-state index in [-0.39, 0.29) is 5.91 Å². The van der Waals surface area contributed by atoms with E-state index < -0.39 is 0 Å². The highest BCUT2D eigenvalue weighted by molar-refractivity contribution is 8.26. The summed E-state index contributed by atoms with van der Waals surface area (Å²) in [6.07, 6.45) is 1.89. The fourth-order valence-electron chi connectivity index (χ4n) is 2.71. The molecule has 2 aromatic carbocycles. The van der Waals surface area contributed by atoms with Crippen LogP contribution in [-0.2, 0) is 9.53 Å². The monoisotopic (exact) mass is 373 g/mol. The van der Waals surface area contributed by atoms with Crippen molar-refractivity contribution < 1.29 is 14.3 Å². The van der Waals surface area contributed by atoms with Gasteiger partial charge in [-0.15, -0.1) is 0 Å². The van der Waals surface area contributed by atoms with Crippen LogP contribution in [-0.4, -0.2) is 42.0 Å². The molecular weight excluding hydrogens is 354 g/mol. The van der Waals surface area contributed by atoms with Crippen molar-refractivity contribution in [3.63, 3.8) is 0 Å². The first-order valence-corrected chi connectivity index (χ1v) is 9.27. The molecule has 4 nitrogen and oxygen atoms in total. The lowest BCUT2D eigenvalue weighted by Crippen LogP contribution is -2.31. The predicted molar refractivity (Wildman–Crippen MR) is 107 cm³/mol. The van der Waals surface area contributed by atoms with E-state index in [9.17, 15) is 4.79 Å². The number of rotatable bonds is 6. The van der Waals surface area contributed by atoms with E-state index in [4.69, 9.17) is 21.7 Å². The Morgan fingerprint density at radius 2 is 2.04 bits per heavy atom. The number of hydrogen-bond donors (Lipinski definition) is 0. The van der Waals surface area contributed by atoms with Crippen LogP contribution >= 0.6 is 24.0 Å². The van der Waals surface area contributed by atoms with E-state index in [1.807, 2.05) is 49.4 Å². The maximum Gasteiger partial charge on any atom is 0.266 e. The summed E-state index contributed by atoms with van der Waals surface area (Å²) in [5.41, 5.74) is 0.909. The molecule has 130 valence electrons. The zero-order valence-electron chi connectivity index (χ0n) is 14.2. The van der Waals surface area contributed by atoms with Crippen molar-refractivity contribution in [1.82, 2.24) is 4.90 Å². The molecule has 3 rings (SSSR count). The van der Waals surface area contributed by atoms with Crippen LogP contribution in [0.15, 0.2) is 41.3 Å². The average molecular weight is 373 g/mol. The second-order valence-corrected chi connectivity index (χ2v) is 7.13. The number of hydrogen-bond acceptors (Lipinski definition) is 5. The molecule has 6 heteroatoms. The van der Waals surface area contributed by atoms with Gasteiger partial charge in [0.2, 0.25) is 0 Å². The summed E-state index contributed by atoms with van der Waals surface area (Å²) in [5.74, 6) is 0.686. The van der Waals surface area contributed by atoms with E-state index in [2.05, 4.69) is 0 Å². The number of benzene rings is 2. The number of nitrogens with zero attached hydrogens (tertiary/aromatic N) is 1. The zero-order valence-corrected chi connectivity index (χ0v) is 15.8. The summed E-state index contributed by atoms with van der Waals surface area (Å²) >= 11 is 6.66. The summed E-state index contributed by atoms with van der Waals surface area (Å²) < 4.78 is 11.4. The minimum Gasteiger partial charge on any atom is -0.493 e. The first-order valence-electron chi connectivity index (χ1n) is 8.04. The van der Waals surface area contributed by atoms with Crippen LogP contribution in [0.25, 0.3) is 16.8 Å².